The highest BCUT2D eigenvalue weighted by Gasteiger charge is 2.31. The number of hydrogen-bond acceptors (Lipinski definition) is 8. The fraction of sp³-hybridized carbons (Fsp3) is 0.409. The van der Waals surface area contributed by atoms with Gasteiger partial charge in [0.2, 0.25) is 0 Å². The van der Waals surface area contributed by atoms with Crippen LogP contribution in [0, 0.1) is 10.8 Å². The van der Waals surface area contributed by atoms with Crippen molar-refractivity contribution < 1.29 is 10.2 Å². The second-order valence-corrected chi connectivity index (χ2v) is 18.1. The Kier molecular flexibility index (Phi) is 10.3. The molecule has 0 spiro atoms. The molecule has 4 aromatic carbocycles. The van der Waals surface area contributed by atoms with E-state index in [1.54, 1.807) is 12.4 Å². The van der Waals surface area contributed by atoms with E-state index in [2.05, 4.69) is 99.6 Å². The average molecular weight is 727 g/mol. The lowest BCUT2D eigenvalue weighted by Crippen LogP contribution is -2.25. The largest absolute Gasteiger partial charge is 0.505 e. The summed E-state index contributed by atoms with van der Waals surface area (Å²) in [6.45, 7) is 23.1. The van der Waals surface area contributed by atoms with Gasteiger partial charge in [-0.25, -0.2) is 0 Å². The predicted octanol–water partition coefficient (Wildman–Crippen LogP) is 9.53. The van der Waals surface area contributed by atoms with Crippen molar-refractivity contribution in [2.24, 2.45) is 20.8 Å². The summed E-state index contributed by atoms with van der Waals surface area (Å²) in [5, 5.41) is 41.7. The van der Waals surface area contributed by atoms with Crippen LogP contribution < -0.4 is 0 Å². The van der Waals surface area contributed by atoms with Gasteiger partial charge >= 0.3 is 0 Å². The summed E-state index contributed by atoms with van der Waals surface area (Å²) in [6, 6.07) is 23.3. The number of hydrogen-bond donors (Lipinski definition) is 2. The number of aromatic hydroxyl groups is 2. The van der Waals surface area contributed by atoms with Gasteiger partial charge in [-0.3, -0.25) is 9.98 Å². The van der Waals surface area contributed by atoms with E-state index in [1.807, 2.05) is 72.8 Å². The lowest BCUT2D eigenvalue weighted by molar-refractivity contribution is 0.283. The highest BCUT2D eigenvalue weighted by Crippen LogP contribution is 2.41. The van der Waals surface area contributed by atoms with Crippen LogP contribution in [0.1, 0.15) is 104 Å². The Morgan fingerprint density at radius 1 is 0.519 bits per heavy atom. The van der Waals surface area contributed by atoms with Crippen molar-refractivity contribution in [3.8, 4) is 22.9 Å². The molecule has 0 saturated heterocycles. The maximum absolute atomic E-state index is 11.5. The van der Waals surface area contributed by atoms with Crippen molar-refractivity contribution in [2.45, 2.75) is 92.9 Å². The molecule has 2 aromatic heterocycles. The van der Waals surface area contributed by atoms with Crippen LogP contribution in [-0.4, -0.2) is 65.7 Å². The number of aliphatic imine (C=N–C) groups is 2. The zero-order valence-corrected chi connectivity index (χ0v) is 33.4. The van der Waals surface area contributed by atoms with Crippen molar-refractivity contribution in [1.29, 1.82) is 0 Å². The van der Waals surface area contributed by atoms with E-state index in [0.29, 0.717) is 35.6 Å². The number of phenols is 2. The smallest absolute Gasteiger partial charge is 0.151 e. The number of phenolic OH excluding ortho intramolecular Hbond substituents is 2. The van der Waals surface area contributed by atoms with Crippen LogP contribution in [0.2, 0.25) is 0 Å². The summed E-state index contributed by atoms with van der Waals surface area (Å²) < 4.78 is 0. The number of nitrogens with zero attached hydrogens (tertiary/aromatic N) is 8. The minimum atomic E-state index is -0.199. The first-order chi connectivity index (χ1) is 25.3. The molecule has 0 saturated carbocycles. The molecule has 0 aliphatic carbocycles. The van der Waals surface area contributed by atoms with Crippen LogP contribution in [0.3, 0.4) is 0 Å². The first-order valence-electron chi connectivity index (χ1n) is 18.7. The summed E-state index contributed by atoms with van der Waals surface area (Å²) in [4.78, 5) is 12.4. The molecule has 6 aromatic rings. The fourth-order valence-corrected chi connectivity index (χ4v) is 7.80. The van der Waals surface area contributed by atoms with Crippen molar-refractivity contribution in [1.82, 2.24) is 30.0 Å². The van der Waals surface area contributed by atoms with Gasteiger partial charge < -0.3 is 10.2 Å². The summed E-state index contributed by atoms with van der Waals surface area (Å²) in [7, 11) is 0. The van der Waals surface area contributed by atoms with Crippen LogP contribution in [-0.2, 0) is 10.8 Å². The van der Waals surface area contributed by atoms with Crippen LogP contribution in [0.15, 0.2) is 82.8 Å². The van der Waals surface area contributed by atoms with Gasteiger partial charge in [0.15, 0.2) is 11.5 Å². The van der Waals surface area contributed by atoms with Gasteiger partial charge in [-0.1, -0.05) is 93.5 Å². The molecular formula is C44H54N8O2. The molecule has 0 aliphatic rings. The molecule has 0 atom stereocenters. The third-order valence-electron chi connectivity index (χ3n) is 9.57. The van der Waals surface area contributed by atoms with Gasteiger partial charge in [0, 0.05) is 23.6 Å². The third-order valence-corrected chi connectivity index (χ3v) is 9.57. The summed E-state index contributed by atoms with van der Waals surface area (Å²) >= 11 is 0. The number of rotatable bonds is 11. The van der Waals surface area contributed by atoms with Crippen LogP contribution in [0.25, 0.3) is 33.4 Å². The Labute approximate surface area is 318 Å². The summed E-state index contributed by atoms with van der Waals surface area (Å²) in [6.07, 6.45) is 5.26. The SMILES string of the molecule is CC(C)(C)CC(C)(C)c1cc(C=NCCN=Cc2cc(C(C)(C)CC(C)(C)C)cc(-n3nc4ccccc4n3)c2O)c(O)c(-n2nc3ccccc3n2)c1. The van der Waals surface area contributed by atoms with Gasteiger partial charge in [0.1, 0.15) is 33.4 Å². The first kappa shape index (κ1) is 38.3. The Morgan fingerprint density at radius 2 is 0.833 bits per heavy atom. The lowest BCUT2D eigenvalue weighted by Gasteiger charge is -2.33. The number of aromatic nitrogens is 6. The Balaban J connectivity index is 1.29. The topological polar surface area (TPSA) is 127 Å². The first-order valence-corrected chi connectivity index (χ1v) is 18.7. The van der Waals surface area contributed by atoms with E-state index in [4.69, 9.17) is 0 Å². The molecule has 10 heteroatoms. The molecule has 0 amide bonds. The molecule has 54 heavy (non-hydrogen) atoms. The van der Waals surface area contributed by atoms with E-state index in [-0.39, 0.29) is 33.2 Å². The van der Waals surface area contributed by atoms with Crippen molar-refractivity contribution in [3.05, 3.63) is 95.1 Å². The normalized spacial score (nSPS) is 13.3. The van der Waals surface area contributed by atoms with Crippen LogP contribution in [0.4, 0.5) is 0 Å². The zero-order chi connectivity index (χ0) is 39.1. The molecule has 2 heterocycles. The minimum Gasteiger partial charge on any atom is -0.505 e. The van der Waals surface area contributed by atoms with Crippen molar-refractivity contribution >= 4 is 34.5 Å². The number of fused-ring (bicyclic) bond motifs is 2. The molecule has 282 valence electrons. The standard InChI is InChI=1S/C44H54N8O2/c1-41(2,3)27-43(7,8)31-21-29(39(53)37(23-31)51-47-33-15-11-12-16-34(33)48-51)25-45-19-20-46-26-30-22-32(44(9,10)28-42(4,5)6)24-38(40(30)54)52-49-35-17-13-14-18-36(35)50-52/h11-18,21-26,53-54H,19-20,27-28H2,1-10H3. The summed E-state index contributed by atoms with van der Waals surface area (Å²) in [5.74, 6) is 0.120. The lowest BCUT2D eigenvalue weighted by atomic mass is 9.72. The van der Waals surface area contributed by atoms with Gasteiger partial charge in [0.25, 0.3) is 0 Å². The fourth-order valence-electron chi connectivity index (χ4n) is 7.80. The van der Waals surface area contributed by atoms with Crippen LogP contribution >= 0.6 is 0 Å². The van der Waals surface area contributed by atoms with Gasteiger partial charge in [-0.05, 0) is 94.2 Å². The molecule has 0 unspecified atom stereocenters. The van der Waals surface area contributed by atoms with Gasteiger partial charge in [-0.15, -0.1) is 30.0 Å². The molecule has 0 aliphatic heterocycles. The van der Waals surface area contributed by atoms with E-state index in [9.17, 15) is 10.2 Å². The molecule has 0 radical (unpaired) electrons. The Morgan fingerprint density at radius 3 is 1.13 bits per heavy atom. The van der Waals surface area contributed by atoms with Crippen LogP contribution in [0.5, 0.6) is 11.5 Å². The van der Waals surface area contributed by atoms with Gasteiger partial charge in [-0.2, -0.15) is 0 Å². The third kappa shape index (κ3) is 8.70. The molecular weight excluding hydrogens is 673 g/mol. The second-order valence-electron chi connectivity index (χ2n) is 18.1. The molecule has 6 rings (SSSR count). The predicted molar refractivity (Wildman–Crippen MR) is 220 cm³/mol. The summed E-state index contributed by atoms with van der Waals surface area (Å²) in [5.41, 5.74) is 7.09. The van der Waals surface area contributed by atoms with E-state index in [1.165, 1.54) is 9.59 Å². The second kappa shape index (κ2) is 14.5. The zero-order valence-electron chi connectivity index (χ0n) is 33.4. The number of benzene rings is 4. The van der Waals surface area contributed by atoms with Crippen molar-refractivity contribution in [3.63, 3.8) is 0 Å². The Bertz CT molecular complexity index is 2120. The molecule has 10 nitrogen and oxygen atoms in total. The quantitative estimate of drug-likeness (QED) is 0.101. The van der Waals surface area contributed by atoms with E-state index >= 15 is 0 Å². The highest BCUT2D eigenvalue weighted by molar-refractivity contribution is 5.87. The minimum absolute atomic E-state index is 0.0601. The highest BCUT2D eigenvalue weighted by atomic mass is 16.3. The Hall–Kier alpha value is -5.38. The molecule has 0 fully saturated rings. The average Bonchev–Trinajstić information content (AvgIpc) is 3.70. The van der Waals surface area contributed by atoms with Crippen molar-refractivity contribution in [2.75, 3.05) is 13.1 Å². The maximum atomic E-state index is 11.5. The van der Waals surface area contributed by atoms with E-state index in [0.717, 1.165) is 46.0 Å². The molecule has 2 N–H and O–H groups in total. The monoisotopic (exact) mass is 726 g/mol. The molecule has 0 bridgehead atoms. The van der Waals surface area contributed by atoms with Gasteiger partial charge in [0.05, 0.1) is 13.1 Å². The maximum Gasteiger partial charge on any atom is 0.151 e. The van der Waals surface area contributed by atoms with E-state index < -0.39 is 0 Å².